The number of thioether (sulfide) groups is 1. The van der Waals surface area contributed by atoms with Crippen molar-refractivity contribution >= 4 is 29.3 Å². The van der Waals surface area contributed by atoms with Gasteiger partial charge in [0.2, 0.25) is 0 Å². The van der Waals surface area contributed by atoms with Gasteiger partial charge in [-0.15, -0.1) is 11.8 Å². The molecule has 7 heteroatoms. The van der Waals surface area contributed by atoms with Gasteiger partial charge in [0.1, 0.15) is 17.3 Å². The molecule has 0 aliphatic heterocycles. The number of hydrogen-bond donors (Lipinski definition) is 1. The SMILES string of the molecule is CSc1ccccc1C(=O)O[C@H](C)C(=O)Nc1c(F)cccc1F. The van der Waals surface area contributed by atoms with E-state index in [1.54, 1.807) is 24.3 Å². The molecule has 0 saturated heterocycles. The van der Waals surface area contributed by atoms with Crippen molar-refractivity contribution in [2.45, 2.75) is 17.9 Å². The lowest BCUT2D eigenvalue weighted by Crippen LogP contribution is -2.30. The zero-order chi connectivity index (χ0) is 17.7. The van der Waals surface area contributed by atoms with E-state index in [1.165, 1.54) is 24.8 Å². The molecule has 1 N–H and O–H groups in total. The second kappa shape index (κ2) is 7.92. The molecule has 126 valence electrons. The molecule has 0 aliphatic rings. The van der Waals surface area contributed by atoms with E-state index in [0.29, 0.717) is 10.5 Å². The van der Waals surface area contributed by atoms with Gasteiger partial charge in [0.05, 0.1) is 5.56 Å². The Balaban J connectivity index is 2.07. The number of anilines is 1. The molecule has 0 bridgehead atoms. The first-order chi connectivity index (χ1) is 11.4. The van der Waals surface area contributed by atoms with Gasteiger partial charge in [0, 0.05) is 4.90 Å². The minimum Gasteiger partial charge on any atom is -0.449 e. The summed E-state index contributed by atoms with van der Waals surface area (Å²) >= 11 is 1.37. The van der Waals surface area contributed by atoms with Crippen LogP contribution in [0.25, 0.3) is 0 Å². The van der Waals surface area contributed by atoms with Crippen LogP contribution in [0.4, 0.5) is 14.5 Å². The molecular formula is C17H15F2NO3S. The predicted octanol–water partition coefficient (Wildman–Crippen LogP) is 3.87. The molecule has 2 rings (SSSR count). The summed E-state index contributed by atoms with van der Waals surface area (Å²) < 4.78 is 32.2. The lowest BCUT2D eigenvalue weighted by molar-refractivity contribution is -0.123. The Morgan fingerprint density at radius 2 is 1.71 bits per heavy atom. The van der Waals surface area contributed by atoms with Crippen molar-refractivity contribution in [3.05, 3.63) is 59.7 Å². The average molecular weight is 351 g/mol. The molecule has 1 amide bonds. The molecule has 1 atom stereocenters. The molecular weight excluding hydrogens is 336 g/mol. The van der Waals surface area contributed by atoms with Gasteiger partial charge in [-0.3, -0.25) is 4.79 Å². The number of rotatable bonds is 5. The highest BCUT2D eigenvalue weighted by atomic mass is 32.2. The Bertz CT molecular complexity index is 747. The van der Waals surface area contributed by atoms with Crippen LogP contribution in [0, 0.1) is 11.6 Å². The highest BCUT2D eigenvalue weighted by molar-refractivity contribution is 7.98. The van der Waals surface area contributed by atoms with Gasteiger partial charge in [-0.25, -0.2) is 13.6 Å². The molecule has 0 unspecified atom stereocenters. The van der Waals surface area contributed by atoms with Crippen LogP contribution in [-0.2, 0) is 9.53 Å². The normalized spacial score (nSPS) is 11.7. The fraction of sp³-hybridized carbons (Fsp3) is 0.176. The highest BCUT2D eigenvalue weighted by Gasteiger charge is 2.22. The molecule has 2 aromatic rings. The van der Waals surface area contributed by atoms with E-state index in [4.69, 9.17) is 4.74 Å². The summed E-state index contributed by atoms with van der Waals surface area (Å²) in [5, 5.41) is 2.09. The molecule has 0 heterocycles. The van der Waals surface area contributed by atoms with Crippen molar-refractivity contribution in [3.8, 4) is 0 Å². The van der Waals surface area contributed by atoms with E-state index in [0.717, 1.165) is 12.1 Å². The topological polar surface area (TPSA) is 55.4 Å². The van der Waals surface area contributed by atoms with Crippen molar-refractivity contribution < 1.29 is 23.1 Å². The molecule has 0 aliphatic carbocycles. The summed E-state index contributed by atoms with van der Waals surface area (Å²) in [5.41, 5.74) is -0.253. The number of benzene rings is 2. The average Bonchev–Trinajstić information content (AvgIpc) is 2.57. The first kappa shape index (κ1) is 17.9. The molecule has 4 nitrogen and oxygen atoms in total. The van der Waals surface area contributed by atoms with Gasteiger partial charge in [-0.2, -0.15) is 0 Å². The van der Waals surface area contributed by atoms with E-state index >= 15 is 0 Å². The van der Waals surface area contributed by atoms with Crippen molar-refractivity contribution in [1.82, 2.24) is 0 Å². The summed E-state index contributed by atoms with van der Waals surface area (Å²) in [6.45, 7) is 1.33. The van der Waals surface area contributed by atoms with Gasteiger partial charge in [0.15, 0.2) is 6.10 Å². The maximum atomic E-state index is 13.5. The Kier molecular flexibility index (Phi) is 5.92. The number of halogens is 2. The predicted molar refractivity (Wildman–Crippen MR) is 88.1 cm³/mol. The maximum Gasteiger partial charge on any atom is 0.340 e. The molecule has 0 radical (unpaired) electrons. The molecule has 0 fully saturated rings. The summed E-state index contributed by atoms with van der Waals surface area (Å²) in [4.78, 5) is 24.9. The van der Waals surface area contributed by atoms with Gasteiger partial charge in [0.25, 0.3) is 5.91 Å². The number of carbonyl (C=O) groups excluding carboxylic acids is 2. The molecule has 24 heavy (non-hydrogen) atoms. The van der Waals surface area contributed by atoms with Crippen LogP contribution in [-0.4, -0.2) is 24.2 Å². The molecule has 0 saturated carbocycles. The quantitative estimate of drug-likeness (QED) is 0.656. The largest absolute Gasteiger partial charge is 0.449 e. The number of esters is 1. The van der Waals surface area contributed by atoms with Gasteiger partial charge < -0.3 is 10.1 Å². The fourth-order valence-corrected chi connectivity index (χ4v) is 2.52. The van der Waals surface area contributed by atoms with E-state index < -0.39 is 35.3 Å². The third-order valence-corrected chi connectivity index (χ3v) is 3.99. The Labute approximate surface area is 142 Å². The number of amides is 1. The van der Waals surface area contributed by atoms with Crippen molar-refractivity contribution in [1.29, 1.82) is 0 Å². The van der Waals surface area contributed by atoms with Gasteiger partial charge >= 0.3 is 5.97 Å². The van der Waals surface area contributed by atoms with Crippen LogP contribution in [0.2, 0.25) is 0 Å². The van der Waals surface area contributed by atoms with Crippen LogP contribution in [0.3, 0.4) is 0 Å². The minimum atomic E-state index is -1.22. The number of ether oxygens (including phenoxy) is 1. The number of para-hydroxylation sites is 1. The van der Waals surface area contributed by atoms with E-state index in [9.17, 15) is 18.4 Å². The minimum absolute atomic E-state index is 0.321. The molecule has 2 aromatic carbocycles. The zero-order valence-electron chi connectivity index (χ0n) is 13.0. The molecule has 0 spiro atoms. The Hall–Kier alpha value is -2.41. The van der Waals surface area contributed by atoms with Crippen LogP contribution < -0.4 is 5.32 Å². The van der Waals surface area contributed by atoms with E-state index in [2.05, 4.69) is 5.32 Å². The first-order valence-electron chi connectivity index (χ1n) is 7.03. The summed E-state index contributed by atoms with van der Waals surface area (Å²) in [5.74, 6) is -3.32. The van der Waals surface area contributed by atoms with Crippen molar-refractivity contribution in [2.75, 3.05) is 11.6 Å². The second-order valence-corrected chi connectivity index (χ2v) is 5.68. The highest BCUT2D eigenvalue weighted by Crippen LogP contribution is 2.22. The smallest absolute Gasteiger partial charge is 0.340 e. The van der Waals surface area contributed by atoms with Crippen molar-refractivity contribution in [3.63, 3.8) is 0 Å². The van der Waals surface area contributed by atoms with Crippen LogP contribution in [0.5, 0.6) is 0 Å². The number of hydrogen-bond acceptors (Lipinski definition) is 4. The zero-order valence-corrected chi connectivity index (χ0v) is 13.8. The van der Waals surface area contributed by atoms with Crippen molar-refractivity contribution in [2.24, 2.45) is 0 Å². The molecule has 0 aromatic heterocycles. The Morgan fingerprint density at radius 1 is 1.08 bits per heavy atom. The number of nitrogens with one attached hydrogen (secondary N) is 1. The van der Waals surface area contributed by atoms with Gasteiger partial charge in [-0.1, -0.05) is 18.2 Å². The Morgan fingerprint density at radius 3 is 2.33 bits per heavy atom. The third-order valence-electron chi connectivity index (χ3n) is 3.19. The van der Waals surface area contributed by atoms with Crippen LogP contribution in [0.1, 0.15) is 17.3 Å². The summed E-state index contributed by atoms with van der Waals surface area (Å²) in [6.07, 6.45) is 0.592. The fourth-order valence-electron chi connectivity index (χ4n) is 1.93. The number of carbonyl (C=O) groups is 2. The summed E-state index contributed by atoms with van der Waals surface area (Å²) in [7, 11) is 0. The maximum absolute atomic E-state index is 13.5. The first-order valence-corrected chi connectivity index (χ1v) is 8.25. The van der Waals surface area contributed by atoms with Gasteiger partial charge in [-0.05, 0) is 37.4 Å². The lowest BCUT2D eigenvalue weighted by Gasteiger charge is -2.15. The third kappa shape index (κ3) is 4.11. The monoisotopic (exact) mass is 351 g/mol. The second-order valence-electron chi connectivity index (χ2n) is 4.83. The van der Waals surface area contributed by atoms with Crippen LogP contribution >= 0.6 is 11.8 Å². The lowest BCUT2D eigenvalue weighted by atomic mass is 10.2. The van der Waals surface area contributed by atoms with Crippen LogP contribution in [0.15, 0.2) is 47.4 Å². The summed E-state index contributed by atoms with van der Waals surface area (Å²) in [6, 6.07) is 10.0. The van der Waals surface area contributed by atoms with E-state index in [1.807, 2.05) is 6.26 Å². The van der Waals surface area contributed by atoms with E-state index in [-0.39, 0.29) is 0 Å². The standard InChI is InChI=1S/C17H15F2NO3S/c1-10(16(21)20-15-12(18)7-5-8-13(15)19)23-17(22)11-6-3-4-9-14(11)24-2/h3-10H,1-2H3,(H,20,21)/t10-/m1/s1.